The Balaban J connectivity index is 2.24. The molecule has 2 heterocycles. The van der Waals surface area contributed by atoms with Gasteiger partial charge in [0, 0.05) is 12.6 Å². The maximum absolute atomic E-state index is 6.26. The molecule has 0 aromatic carbocycles. The summed E-state index contributed by atoms with van der Waals surface area (Å²) in [6.07, 6.45) is 2.47. The third kappa shape index (κ3) is 2.60. The molecule has 0 aliphatic rings. The SMILES string of the molecule is CCNC(Cc1c(C)nn(C)c1Cl)c1ccco1. The highest BCUT2D eigenvalue weighted by Gasteiger charge is 2.19. The fourth-order valence-corrected chi connectivity index (χ4v) is 2.37. The lowest BCUT2D eigenvalue weighted by Crippen LogP contribution is -2.22. The summed E-state index contributed by atoms with van der Waals surface area (Å²) in [6.45, 7) is 4.93. The van der Waals surface area contributed by atoms with Crippen LogP contribution in [-0.2, 0) is 13.5 Å². The van der Waals surface area contributed by atoms with Crippen molar-refractivity contribution in [2.75, 3.05) is 6.54 Å². The van der Waals surface area contributed by atoms with E-state index in [9.17, 15) is 0 Å². The average Bonchev–Trinajstić information content (AvgIpc) is 2.93. The molecule has 18 heavy (non-hydrogen) atoms. The van der Waals surface area contributed by atoms with Crippen LogP contribution in [0.3, 0.4) is 0 Å². The van der Waals surface area contributed by atoms with Gasteiger partial charge in [0.2, 0.25) is 0 Å². The monoisotopic (exact) mass is 267 g/mol. The van der Waals surface area contributed by atoms with Gasteiger partial charge in [-0.2, -0.15) is 5.10 Å². The molecule has 1 atom stereocenters. The van der Waals surface area contributed by atoms with Crippen LogP contribution in [0.4, 0.5) is 0 Å². The van der Waals surface area contributed by atoms with Gasteiger partial charge in [-0.3, -0.25) is 4.68 Å². The Morgan fingerprint density at radius 2 is 2.33 bits per heavy atom. The van der Waals surface area contributed by atoms with Crippen molar-refractivity contribution in [2.24, 2.45) is 7.05 Å². The number of nitrogens with one attached hydrogen (secondary N) is 1. The van der Waals surface area contributed by atoms with Crippen LogP contribution in [0.25, 0.3) is 0 Å². The lowest BCUT2D eigenvalue weighted by molar-refractivity contribution is 0.416. The third-order valence-electron chi connectivity index (χ3n) is 3.02. The highest BCUT2D eigenvalue weighted by Crippen LogP contribution is 2.25. The van der Waals surface area contributed by atoms with Crippen LogP contribution in [0.15, 0.2) is 22.8 Å². The second kappa shape index (κ2) is 5.59. The van der Waals surface area contributed by atoms with E-state index >= 15 is 0 Å². The molecule has 0 radical (unpaired) electrons. The predicted molar refractivity (Wildman–Crippen MR) is 71.8 cm³/mol. The van der Waals surface area contributed by atoms with Crippen LogP contribution in [0, 0.1) is 6.92 Å². The van der Waals surface area contributed by atoms with Crippen molar-refractivity contribution >= 4 is 11.6 Å². The van der Waals surface area contributed by atoms with E-state index in [1.807, 2.05) is 26.1 Å². The topological polar surface area (TPSA) is 43.0 Å². The Kier molecular flexibility index (Phi) is 4.09. The van der Waals surface area contributed by atoms with Crippen molar-refractivity contribution in [2.45, 2.75) is 26.3 Å². The van der Waals surface area contributed by atoms with Gasteiger partial charge in [0.15, 0.2) is 0 Å². The second-order valence-corrected chi connectivity index (χ2v) is 4.67. The molecular formula is C13H18ClN3O. The van der Waals surface area contributed by atoms with Crippen LogP contribution >= 0.6 is 11.6 Å². The first-order valence-electron chi connectivity index (χ1n) is 6.08. The molecule has 2 rings (SSSR count). The molecule has 0 amide bonds. The summed E-state index contributed by atoms with van der Waals surface area (Å²) in [6, 6.07) is 4.01. The second-order valence-electron chi connectivity index (χ2n) is 4.31. The Morgan fingerprint density at radius 3 is 2.83 bits per heavy atom. The van der Waals surface area contributed by atoms with Gasteiger partial charge in [-0.1, -0.05) is 18.5 Å². The molecule has 1 N–H and O–H groups in total. The first-order valence-corrected chi connectivity index (χ1v) is 6.46. The predicted octanol–water partition coefficient (Wildman–Crippen LogP) is 2.87. The summed E-state index contributed by atoms with van der Waals surface area (Å²) < 4.78 is 7.18. The van der Waals surface area contributed by atoms with E-state index in [0.717, 1.165) is 30.0 Å². The van der Waals surface area contributed by atoms with Crippen LogP contribution in [0.5, 0.6) is 0 Å². The molecule has 0 aliphatic heterocycles. The van der Waals surface area contributed by atoms with Crippen molar-refractivity contribution in [3.63, 3.8) is 0 Å². The molecule has 0 spiro atoms. The Morgan fingerprint density at radius 1 is 1.56 bits per heavy atom. The van der Waals surface area contributed by atoms with Gasteiger partial charge < -0.3 is 9.73 Å². The van der Waals surface area contributed by atoms with E-state index in [4.69, 9.17) is 16.0 Å². The molecule has 0 bridgehead atoms. The van der Waals surface area contributed by atoms with E-state index in [1.54, 1.807) is 10.9 Å². The Hall–Kier alpha value is -1.26. The molecule has 4 nitrogen and oxygen atoms in total. The number of nitrogens with zero attached hydrogens (tertiary/aromatic N) is 2. The summed E-state index contributed by atoms with van der Waals surface area (Å²) in [5.41, 5.74) is 2.04. The zero-order valence-corrected chi connectivity index (χ0v) is 11.7. The maximum Gasteiger partial charge on any atom is 0.130 e. The zero-order valence-electron chi connectivity index (χ0n) is 10.9. The summed E-state index contributed by atoms with van der Waals surface area (Å²) in [5.74, 6) is 0.927. The maximum atomic E-state index is 6.26. The number of furan rings is 1. The molecule has 0 fully saturated rings. The van der Waals surface area contributed by atoms with Crippen LogP contribution in [-0.4, -0.2) is 16.3 Å². The minimum Gasteiger partial charge on any atom is -0.468 e. The minimum atomic E-state index is 0.130. The normalized spacial score (nSPS) is 12.9. The number of halogens is 1. The first-order chi connectivity index (χ1) is 8.63. The van der Waals surface area contributed by atoms with Crippen molar-refractivity contribution in [3.05, 3.63) is 40.6 Å². The van der Waals surface area contributed by atoms with Gasteiger partial charge in [0.1, 0.15) is 10.9 Å². The Bertz CT molecular complexity index is 505. The fourth-order valence-electron chi connectivity index (χ4n) is 2.12. The lowest BCUT2D eigenvalue weighted by atomic mass is 10.0. The summed E-state index contributed by atoms with van der Waals surface area (Å²) >= 11 is 6.26. The molecule has 1 unspecified atom stereocenters. The van der Waals surface area contributed by atoms with Crippen LogP contribution < -0.4 is 5.32 Å². The molecule has 2 aromatic rings. The average molecular weight is 268 g/mol. The number of hydrogen-bond acceptors (Lipinski definition) is 3. The highest BCUT2D eigenvalue weighted by molar-refractivity contribution is 6.30. The fraction of sp³-hybridized carbons (Fsp3) is 0.462. The number of aromatic nitrogens is 2. The molecule has 5 heteroatoms. The molecular weight excluding hydrogens is 250 g/mol. The molecule has 0 aliphatic carbocycles. The number of aryl methyl sites for hydroxylation is 2. The smallest absolute Gasteiger partial charge is 0.130 e. The lowest BCUT2D eigenvalue weighted by Gasteiger charge is -2.15. The molecule has 2 aromatic heterocycles. The standard InChI is InChI=1S/C13H18ClN3O/c1-4-15-11(12-6-5-7-18-12)8-10-9(2)16-17(3)13(10)14/h5-7,11,15H,4,8H2,1-3H3. The Labute approximate surface area is 112 Å². The molecule has 0 saturated carbocycles. The van der Waals surface area contributed by atoms with Gasteiger partial charge >= 0.3 is 0 Å². The van der Waals surface area contributed by atoms with Crippen molar-refractivity contribution < 1.29 is 4.42 Å². The van der Waals surface area contributed by atoms with Crippen molar-refractivity contribution in [1.82, 2.24) is 15.1 Å². The molecule has 98 valence electrons. The van der Waals surface area contributed by atoms with E-state index < -0.39 is 0 Å². The quantitative estimate of drug-likeness (QED) is 0.906. The zero-order chi connectivity index (χ0) is 13.1. The summed E-state index contributed by atoms with van der Waals surface area (Å²) in [5, 5.41) is 8.44. The first kappa shape index (κ1) is 13.2. The molecule has 0 saturated heterocycles. The van der Waals surface area contributed by atoms with Gasteiger partial charge in [-0.25, -0.2) is 0 Å². The van der Waals surface area contributed by atoms with Crippen LogP contribution in [0.2, 0.25) is 5.15 Å². The third-order valence-corrected chi connectivity index (χ3v) is 3.49. The number of likely N-dealkylation sites (N-methyl/N-ethyl adjacent to an activating group) is 1. The van der Waals surface area contributed by atoms with E-state index in [0.29, 0.717) is 5.15 Å². The van der Waals surface area contributed by atoms with Crippen molar-refractivity contribution in [3.8, 4) is 0 Å². The highest BCUT2D eigenvalue weighted by atomic mass is 35.5. The van der Waals surface area contributed by atoms with Gasteiger partial charge in [0.25, 0.3) is 0 Å². The largest absolute Gasteiger partial charge is 0.468 e. The van der Waals surface area contributed by atoms with Gasteiger partial charge in [-0.15, -0.1) is 0 Å². The van der Waals surface area contributed by atoms with E-state index in [1.165, 1.54) is 0 Å². The van der Waals surface area contributed by atoms with E-state index in [-0.39, 0.29) is 6.04 Å². The number of hydrogen-bond donors (Lipinski definition) is 1. The summed E-state index contributed by atoms with van der Waals surface area (Å²) in [4.78, 5) is 0. The minimum absolute atomic E-state index is 0.130. The van der Waals surface area contributed by atoms with Gasteiger partial charge in [-0.05, 0) is 32.0 Å². The number of rotatable bonds is 5. The van der Waals surface area contributed by atoms with Crippen LogP contribution in [0.1, 0.15) is 30.0 Å². The van der Waals surface area contributed by atoms with E-state index in [2.05, 4.69) is 17.3 Å². The summed E-state index contributed by atoms with van der Waals surface area (Å²) in [7, 11) is 1.86. The van der Waals surface area contributed by atoms with Crippen molar-refractivity contribution in [1.29, 1.82) is 0 Å². The van der Waals surface area contributed by atoms with Gasteiger partial charge in [0.05, 0.1) is 18.0 Å².